The smallest absolute Gasteiger partial charge is 0.107 e. The van der Waals surface area contributed by atoms with Crippen molar-refractivity contribution in [2.45, 2.75) is 26.4 Å². The molecule has 2 heterocycles. The summed E-state index contributed by atoms with van der Waals surface area (Å²) in [6.45, 7) is 5.23. The van der Waals surface area contributed by atoms with Crippen LogP contribution in [0.5, 0.6) is 0 Å². The average Bonchev–Trinajstić information content (AvgIpc) is 2.86. The molecule has 1 aromatic heterocycles. The number of rotatable bonds is 4. The van der Waals surface area contributed by atoms with Crippen molar-refractivity contribution in [3.05, 3.63) is 45.9 Å². The van der Waals surface area contributed by atoms with Crippen LogP contribution in [0, 0.1) is 5.92 Å². The number of hydrogen-bond acceptors (Lipinski definition) is 4. The average molecular weight is 287 g/mol. The van der Waals surface area contributed by atoms with Gasteiger partial charge in [-0.25, -0.2) is 4.98 Å². The van der Waals surface area contributed by atoms with E-state index < -0.39 is 0 Å². The number of hydrogen-bond donors (Lipinski definition) is 1. The van der Waals surface area contributed by atoms with Gasteiger partial charge in [-0.3, -0.25) is 0 Å². The molecule has 0 aliphatic carbocycles. The second-order valence-corrected chi connectivity index (χ2v) is 6.52. The molecule has 0 radical (unpaired) electrons. The fourth-order valence-corrected chi connectivity index (χ4v) is 3.70. The molecule has 1 unspecified atom stereocenters. The van der Waals surface area contributed by atoms with Gasteiger partial charge in [0.05, 0.1) is 12.2 Å². The van der Waals surface area contributed by atoms with Gasteiger partial charge >= 0.3 is 0 Å². The van der Waals surface area contributed by atoms with Crippen LogP contribution in [-0.2, 0) is 19.5 Å². The van der Waals surface area contributed by atoms with Crippen molar-refractivity contribution in [2.24, 2.45) is 5.92 Å². The molecule has 20 heavy (non-hydrogen) atoms. The largest absolute Gasteiger partial charge is 0.365 e. The maximum atomic E-state index is 4.71. The second kappa shape index (κ2) is 5.94. The summed E-state index contributed by atoms with van der Waals surface area (Å²) in [6.07, 6.45) is 1.19. The molecule has 1 atom stereocenters. The molecule has 0 fully saturated rings. The van der Waals surface area contributed by atoms with Crippen LogP contribution in [0.1, 0.15) is 23.2 Å². The quantitative estimate of drug-likeness (QED) is 0.937. The van der Waals surface area contributed by atoms with Gasteiger partial charge in [-0.2, -0.15) is 0 Å². The Morgan fingerprint density at radius 1 is 1.40 bits per heavy atom. The van der Waals surface area contributed by atoms with E-state index >= 15 is 0 Å². The molecule has 1 aromatic carbocycles. The van der Waals surface area contributed by atoms with Gasteiger partial charge in [0.2, 0.25) is 0 Å². The first-order chi connectivity index (χ1) is 9.76. The lowest BCUT2D eigenvalue weighted by Gasteiger charge is -2.34. The Bertz CT molecular complexity index is 579. The Morgan fingerprint density at radius 2 is 2.25 bits per heavy atom. The maximum Gasteiger partial charge on any atom is 0.107 e. The molecule has 3 rings (SSSR count). The number of benzene rings is 1. The van der Waals surface area contributed by atoms with E-state index in [0.29, 0.717) is 5.92 Å². The van der Waals surface area contributed by atoms with Gasteiger partial charge in [-0.1, -0.05) is 25.1 Å². The SMILES string of the molecule is CNCc1nc(CN2CC(C)Cc3ccccc32)cs1. The molecular formula is C16H21N3S. The molecule has 0 spiro atoms. The number of nitrogens with one attached hydrogen (secondary N) is 1. The molecule has 0 saturated heterocycles. The minimum Gasteiger partial charge on any atom is -0.365 e. The zero-order valence-corrected chi connectivity index (χ0v) is 12.9. The zero-order valence-electron chi connectivity index (χ0n) is 12.1. The van der Waals surface area contributed by atoms with E-state index in [1.54, 1.807) is 11.3 Å². The van der Waals surface area contributed by atoms with E-state index in [2.05, 4.69) is 46.8 Å². The molecule has 1 aliphatic rings. The van der Waals surface area contributed by atoms with E-state index in [4.69, 9.17) is 4.98 Å². The van der Waals surface area contributed by atoms with E-state index in [0.717, 1.165) is 19.6 Å². The first-order valence-corrected chi connectivity index (χ1v) is 8.05. The summed E-state index contributed by atoms with van der Waals surface area (Å²) in [5.41, 5.74) is 4.04. The molecule has 1 aliphatic heterocycles. The normalized spacial score (nSPS) is 18.1. The van der Waals surface area contributed by atoms with E-state index in [1.165, 1.54) is 28.4 Å². The lowest BCUT2D eigenvalue weighted by Crippen LogP contribution is -2.33. The molecule has 3 nitrogen and oxygen atoms in total. The predicted octanol–water partition coefficient (Wildman–Crippen LogP) is 3.06. The minimum absolute atomic E-state index is 0.709. The summed E-state index contributed by atoms with van der Waals surface area (Å²) in [5.74, 6) is 0.709. The molecule has 4 heteroatoms. The highest BCUT2D eigenvalue weighted by Gasteiger charge is 2.21. The van der Waals surface area contributed by atoms with Crippen LogP contribution in [0.25, 0.3) is 0 Å². The zero-order chi connectivity index (χ0) is 13.9. The van der Waals surface area contributed by atoms with Crippen LogP contribution in [0.4, 0.5) is 5.69 Å². The van der Waals surface area contributed by atoms with Crippen molar-refractivity contribution >= 4 is 17.0 Å². The van der Waals surface area contributed by atoms with Crippen molar-refractivity contribution in [1.82, 2.24) is 10.3 Å². The Hall–Kier alpha value is -1.39. The fourth-order valence-electron chi connectivity index (χ4n) is 2.91. The number of fused-ring (bicyclic) bond motifs is 1. The summed E-state index contributed by atoms with van der Waals surface area (Å²) in [4.78, 5) is 7.18. The highest BCUT2D eigenvalue weighted by Crippen LogP contribution is 2.30. The first kappa shape index (κ1) is 13.6. The van der Waals surface area contributed by atoms with Crippen molar-refractivity contribution < 1.29 is 0 Å². The van der Waals surface area contributed by atoms with Gasteiger partial charge in [0, 0.05) is 24.2 Å². The van der Waals surface area contributed by atoms with E-state index in [9.17, 15) is 0 Å². The Kier molecular flexibility index (Phi) is 4.03. The summed E-state index contributed by atoms with van der Waals surface area (Å²) in [5, 5.41) is 6.51. The molecular weight excluding hydrogens is 266 g/mol. The topological polar surface area (TPSA) is 28.2 Å². The maximum absolute atomic E-state index is 4.71. The lowest BCUT2D eigenvalue weighted by atomic mass is 9.94. The van der Waals surface area contributed by atoms with Crippen molar-refractivity contribution in [3.8, 4) is 0 Å². The molecule has 0 bridgehead atoms. The van der Waals surface area contributed by atoms with Crippen LogP contribution >= 0.6 is 11.3 Å². The Balaban J connectivity index is 1.79. The number of para-hydroxylation sites is 1. The van der Waals surface area contributed by atoms with E-state index in [-0.39, 0.29) is 0 Å². The Morgan fingerprint density at radius 3 is 3.10 bits per heavy atom. The number of thiazole rings is 1. The van der Waals surface area contributed by atoms with Gasteiger partial charge in [0.25, 0.3) is 0 Å². The number of nitrogens with zero attached hydrogens (tertiary/aromatic N) is 2. The highest BCUT2D eigenvalue weighted by atomic mass is 32.1. The number of aromatic nitrogens is 1. The fraction of sp³-hybridized carbons (Fsp3) is 0.438. The van der Waals surface area contributed by atoms with Crippen molar-refractivity contribution in [1.29, 1.82) is 0 Å². The van der Waals surface area contributed by atoms with Crippen LogP contribution in [-0.4, -0.2) is 18.6 Å². The third-order valence-corrected chi connectivity index (χ3v) is 4.61. The van der Waals surface area contributed by atoms with Crippen LogP contribution in [0.15, 0.2) is 29.6 Å². The van der Waals surface area contributed by atoms with Gasteiger partial charge in [-0.05, 0) is 31.0 Å². The summed E-state index contributed by atoms with van der Waals surface area (Å²) in [6, 6.07) is 8.77. The summed E-state index contributed by atoms with van der Waals surface area (Å²) >= 11 is 1.74. The lowest BCUT2D eigenvalue weighted by molar-refractivity contribution is 0.528. The molecule has 2 aromatic rings. The minimum atomic E-state index is 0.709. The standard InChI is InChI=1S/C16H21N3S/c1-12-7-13-5-3-4-6-15(13)19(9-12)10-14-11-20-16(18-14)8-17-2/h3-6,11-12,17H,7-10H2,1-2H3. The number of anilines is 1. The molecule has 1 N–H and O–H groups in total. The first-order valence-electron chi connectivity index (χ1n) is 7.17. The monoisotopic (exact) mass is 287 g/mol. The predicted molar refractivity (Wildman–Crippen MR) is 85.2 cm³/mol. The summed E-state index contributed by atoms with van der Waals surface area (Å²) in [7, 11) is 1.96. The molecule has 106 valence electrons. The summed E-state index contributed by atoms with van der Waals surface area (Å²) < 4.78 is 0. The van der Waals surface area contributed by atoms with Gasteiger partial charge in [0.15, 0.2) is 0 Å². The Labute approximate surface area is 124 Å². The third kappa shape index (κ3) is 2.86. The van der Waals surface area contributed by atoms with Gasteiger partial charge < -0.3 is 10.2 Å². The van der Waals surface area contributed by atoms with Crippen molar-refractivity contribution in [3.63, 3.8) is 0 Å². The van der Waals surface area contributed by atoms with Crippen LogP contribution in [0.3, 0.4) is 0 Å². The third-order valence-electron chi connectivity index (χ3n) is 3.71. The van der Waals surface area contributed by atoms with Crippen molar-refractivity contribution in [2.75, 3.05) is 18.5 Å². The second-order valence-electron chi connectivity index (χ2n) is 5.58. The highest BCUT2D eigenvalue weighted by molar-refractivity contribution is 7.09. The van der Waals surface area contributed by atoms with Crippen LogP contribution < -0.4 is 10.2 Å². The van der Waals surface area contributed by atoms with Gasteiger partial charge in [-0.15, -0.1) is 11.3 Å². The molecule has 0 saturated carbocycles. The molecule has 0 amide bonds. The van der Waals surface area contributed by atoms with Crippen LogP contribution in [0.2, 0.25) is 0 Å². The van der Waals surface area contributed by atoms with Gasteiger partial charge in [0.1, 0.15) is 5.01 Å². The van der Waals surface area contributed by atoms with E-state index in [1.807, 2.05) is 7.05 Å².